The van der Waals surface area contributed by atoms with Gasteiger partial charge in [0.1, 0.15) is 0 Å². The molecule has 1 saturated heterocycles. The number of benzene rings is 2. The van der Waals surface area contributed by atoms with Gasteiger partial charge in [-0.15, -0.1) is 0 Å². The highest BCUT2D eigenvalue weighted by Gasteiger charge is 2.18. The van der Waals surface area contributed by atoms with Crippen molar-refractivity contribution in [3.05, 3.63) is 69.7 Å². The molecule has 0 aromatic heterocycles. The molecule has 1 aliphatic rings. The number of carbonyl (C=O) groups is 1. The number of halogens is 2. The second-order valence-electron chi connectivity index (χ2n) is 6.52. The van der Waals surface area contributed by atoms with E-state index in [2.05, 4.69) is 32.5 Å². The van der Waals surface area contributed by atoms with Crippen molar-refractivity contribution < 1.29 is 4.79 Å². The average molecular weight is 405 g/mol. The predicted octanol–water partition coefficient (Wildman–Crippen LogP) is 3.26. The highest BCUT2D eigenvalue weighted by Crippen LogP contribution is 2.13. The summed E-state index contributed by atoms with van der Waals surface area (Å²) in [6.45, 7) is 4.85. The van der Waals surface area contributed by atoms with Gasteiger partial charge in [0.05, 0.1) is 12.8 Å². The maximum atomic E-state index is 12.0. The zero-order valence-electron chi connectivity index (χ0n) is 14.9. The Hall–Kier alpha value is -1.92. The fourth-order valence-electron chi connectivity index (χ4n) is 2.92. The van der Waals surface area contributed by atoms with E-state index in [0.29, 0.717) is 11.6 Å². The van der Waals surface area contributed by atoms with Crippen molar-refractivity contribution in [3.63, 3.8) is 0 Å². The molecule has 2 aromatic carbocycles. The molecule has 0 atom stereocenters. The molecule has 5 nitrogen and oxygen atoms in total. The van der Waals surface area contributed by atoms with E-state index < -0.39 is 0 Å². The van der Waals surface area contributed by atoms with Crippen molar-refractivity contribution in [2.75, 3.05) is 32.7 Å². The van der Waals surface area contributed by atoms with Crippen molar-refractivity contribution >= 4 is 35.3 Å². The molecule has 0 unspecified atom stereocenters. The summed E-state index contributed by atoms with van der Waals surface area (Å²) >= 11 is 11.8. The van der Waals surface area contributed by atoms with Crippen LogP contribution in [0.25, 0.3) is 0 Å². The van der Waals surface area contributed by atoms with E-state index in [1.165, 1.54) is 5.56 Å². The van der Waals surface area contributed by atoms with E-state index in [9.17, 15) is 4.79 Å². The number of nitrogens with one attached hydrogen (secondary N) is 1. The Kier molecular flexibility index (Phi) is 7.24. The molecular formula is C20H22Cl2N4O. The Morgan fingerprint density at radius 1 is 0.926 bits per heavy atom. The van der Waals surface area contributed by atoms with Gasteiger partial charge >= 0.3 is 0 Å². The van der Waals surface area contributed by atoms with Crippen LogP contribution in [0.15, 0.2) is 53.6 Å². The third-order valence-corrected chi connectivity index (χ3v) is 4.93. The largest absolute Gasteiger partial charge is 0.297 e. The molecule has 1 N–H and O–H groups in total. The minimum Gasteiger partial charge on any atom is -0.297 e. The lowest BCUT2D eigenvalue weighted by Crippen LogP contribution is -2.48. The first-order chi connectivity index (χ1) is 13.1. The van der Waals surface area contributed by atoms with Crippen molar-refractivity contribution in [1.29, 1.82) is 0 Å². The number of hydrazone groups is 1. The van der Waals surface area contributed by atoms with Gasteiger partial charge in [-0.2, -0.15) is 5.10 Å². The second kappa shape index (κ2) is 9.85. The zero-order chi connectivity index (χ0) is 19.1. The first-order valence-electron chi connectivity index (χ1n) is 8.85. The Morgan fingerprint density at radius 3 is 2.11 bits per heavy atom. The summed E-state index contributed by atoms with van der Waals surface area (Å²) in [7, 11) is 0. The second-order valence-corrected chi connectivity index (χ2v) is 7.40. The minimum absolute atomic E-state index is 0.105. The number of piperazine rings is 1. The molecule has 0 radical (unpaired) electrons. The van der Waals surface area contributed by atoms with Gasteiger partial charge in [0.2, 0.25) is 0 Å². The van der Waals surface area contributed by atoms with E-state index in [0.717, 1.165) is 43.3 Å². The number of rotatable bonds is 6. The average Bonchev–Trinajstić information content (AvgIpc) is 2.67. The van der Waals surface area contributed by atoms with E-state index in [4.69, 9.17) is 23.2 Å². The first-order valence-corrected chi connectivity index (χ1v) is 9.61. The maximum Gasteiger partial charge on any atom is 0.254 e. The van der Waals surface area contributed by atoms with Crippen LogP contribution < -0.4 is 5.43 Å². The number of hydrogen-bond donors (Lipinski definition) is 1. The maximum absolute atomic E-state index is 12.0. The molecule has 2 aromatic rings. The van der Waals surface area contributed by atoms with Gasteiger partial charge in [-0.1, -0.05) is 47.5 Å². The standard InChI is InChI=1S/C20H22Cl2N4O/c21-18-5-1-16(2-6-18)13-23-24-20(27)15-26-11-9-25(10-12-26)14-17-3-7-19(22)8-4-17/h1-8,13H,9-12,14-15H2,(H,24,27)/b23-13-. The van der Waals surface area contributed by atoms with E-state index >= 15 is 0 Å². The molecule has 1 amide bonds. The van der Waals surface area contributed by atoms with Crippen LogP contribution in [-0.4, -0.2) is 54.6 Å². The normalized spacial score (nSPS) is 15.9. The van der Waals surface area contributed by atoms with Crippen LogP contribution >= 0.6 is 23.2 Å². The predicted molar refractivity (Wildman–Crippen MR) is 110 cm³/mol. The lowest BCUT2D eigenvalue weighted by Gasteiger charge is -2.34. The van der Waals surface area contributed by atoms with Crippen LogP contribution in [0.1, 0.15) is 11.1 Å². The summed E-state index contributed by atoms with van der Waals surface area (Å²) in [4.78, 5) is 16.6. The summed E-state index contributed by atoms with van der Waals surface area (Å²) in [6, 6.07) is 15.2. The van der Waals surface area contributed by atoms with Crippen LogP contribution in [0.5, 0.6) is 0 Å². The minimum atomic E-state index is -0.105. The van der Waals surface area contributed by atoms with Gasteiger partial charge in [0, 0.05) is 42.8 Å². The van der Waals surface area contributed by atoms with Gasteiger partial charge in [-0.25, -0.2) is 5.43 Å². The van der Waals surface area contributed by atoms with Crippen LogP contribution in [0.4, 0.5) is 0 Å². The molecule has 142 valence electrons. The van der Waals surface area contributed by atoms with Crippen molar-refractivity contribution in [2.24, 2.45) is 5.10 Å². The molecule has 0 spiro atoms. The quantitative estimate of drug-likeness (QED) is 0.593. The highest BCUT2D eigenvalue weighted by atomic mass is 35.5. The third-order valence-electron chi connectivity index (χ3n) is 4.42. The van der Waals surface area contributed by atoms with Crippen LogP contribution in [0.3, 0.4) is 0 Å². The zero-order valence-corrected chi connectivity index (χ0v) is 16.5. The van der Waals surface area contributed by atoms with Crippen molar-refractivity contribution in [1.82, 2.24) is 15.2 Å². The van der Waals surface area contributed by atoms with Gasteiger partial charge < -0.3 is 0 Å². The Morgan fingerprint density at radius 2 is 1.48 bits per heavy atom. The van der Waals surface area contributed by atoms with Crippen molar-refractivity contribution in [2.45, 2.75) is 6.54 Å². The smallest absolute Gasteiger partial charge is 0.254 e. The fourth-order valence-corrected chi connectivity index (χ4v) is 3.17. The molecule has 1 fully saturated rings. The molecule has 27 heavy (non-hydrogen) atoms. The highest BCUT2D eigenvalue weighted by molar-refractivity contribution is 6.30. The van der Waals surface area contributed by atoms with E-state index in [1.807, 2.05) is 24.3 Å². The molecule has 7 heteroatoms. The molecule has 0 bridgehead atoms. The summed E-state index contributed by atoms with van der Waals surface area (Å²) in [6.07, 6.45) is 1.61. The van der Waals surface area contributed by atoms with Crippen LogP contribution in [0.2, 0.25) is 10.0 Å². The third kappa shape index (κ3) is 6.63. The molecule has 3 rings (SSSR count). The number of nitrogens with zero attached hydrogens (tertiary/aromatic N) is 3. The number of carbonyl (C=O) groups excluding carboxylic acids is 1. The van der Waals surface area contributed by atoms with Gasteiger partial charge in [-0.3, -0.25) is 14.6 Å². The lowest BCUT2D eigenvalue weighted by atomic mass is 10.2. The van der Waals surface area contributed by atoms with Crippen molar-refractivity contribution in [3.8, 4) is 0 Å². The van der Waals surface area contributed by atoms with E-state index in [1.54, 1.807) is 18.3 Å². The van der Waals surface area contributed by atoms with Crippen LogP contribution in [-0.2, 0) is 11.3 Å². The summed E-state index contributed by atoms with van der Waals surface area (Å²) in [5.74, 6) is -0.105. The van der Waals surface area contributed by atoms with E-state index in [-0.39, 0.29) is 5.91 Å². The fraction of sp³-hybridized carbons (Fsp3) is 0.300. The molecule has 1 heterocycles. The first kappa shape index (κ1) is 19.8. The number of hydrogen-bond acceptors (Lipinski definition) is 4. The van der Waals surface area contributed by atoms with Gasteiger partial charge in [0.15, 0.2) is 0 Å². The topological polar surface area (TPSA) is 47.9 Å². The monoisotopic (exact) mass is 404 g/mol. The summed E-state index contributed by atoms with van der Waals surface area (Å²) < 4.78 is 0. The van der Waals surface area contributed by atoms with Gasteiger partial charge in [-0.05, 0) is 35.4 Å². The molecule has 0 saturated carbocycles. The van der Waals surface area contributed by atoms with Crippen LogP contribution in [0, 0.1) is 0 Å². The summed E-state index contributed by atoms with van der Waals surface area (Å²) in [5.41, 5.74) is 4.72. The van der Waals surface area contributed by atoms with Gasteiger partial charge in [0.25, 0.3) is 5.91 Å². The lowest BCUT2D eigenvalue weighted by molar-refractivity contribution is -0.122. The summed E-state index contributed by atoms with van der Waals surface area (Å²) in [5, 5.41) is 5.43. The Labute approximate surface area is 169 Å². The molecule has 0 aliphatic carbocycles. The Balaban J connectivity index is 1.37. The number of amides is 1. The molecule has 1 aliphatic heterocycles. The molecular weight excluding hydrogens is 383 g/mol. The SMILES string of the molecule is O=C(CN1CCN(Cc2ccc(Cl)cc2)CC1)N/N=C\c1ccc(Cl)cc1. The Bertz CT molecular complexity index is 770.